The lowest BCUT2D eigenvalue weighted by Gasteiger charge is -2.13. The van der Waals surface area contributed by atoms with Gasteiger partial charge in [-0.15, -0.1) is 5.10 Å². The van der Waals surface area contributed by atoms with Crippen molar-refractivity contribution in [1.82, 2.24) is 15.2 Å². The molecule has 8 nitrogen and oxygen atoms in total. The number of methoxy groups -OCH3 is 3. The maximum Gasteiger partial charge on any atom is 0.249 e. The minimum atomic E-state index is 0.283. The van der Waals surface area contributed by atoms with Crippen molar-refractivity contribution in [2.75, 3.05) is 32.0 Å². The van der Waals surface area contributed by atoms with Gasteiger partial charge >= 0.3 is 0 Å². The van der Waals surface area contributed by atoms with Crippen molar-refractivity contribution in [2.45, 2.75) is 0 Å². The molecule has 0 aliphatic carbocycles. The van der Waals surface area contributed by atoms with Crippen molar-refractivity contribution >= 4 is 34.7 Å². The lowest BCUT2D eigenvalue weighted by atomic mass is 10.2. The van der Waals surface area contributed by atoms with E-state index in [1.165, 1.54) is 13.3 Å². The van der Waals surface area contributed by atoms with E-state index in [0.717, 1.165) is 11.4 Å². The van der Waals surface area contributed by atoms with E-state index in [2.05, 4.69) is 25.8 Å². The Bertz CT molecular complexity index is 939. The molecule has 0 saturated carbocycles. The van der Waals surface area contributed by atoms with Gasteiger partial charge in [-0.2, -0.15) is 10.1 Å². The van der Waals surface area contributed by atoms with Crippen molar-refractivity contribution in [3.05, 3.63) is 47.6 Å². The summed E-state index contributed by atoms with van der Waals surface area (Å²) >= 11 is 6.13. The molecule has 0 unspecified atom stereocenters. The summed E-state index contributed by atoms with van der Waals surface area (Å²) in [5.41, 5.74) is 1.41. The van der Waals surface area contributed by atoms with Gasteiger partial charge in [0.1, 0.15) is 17.2 Å². The molecule has 2 aromatic carbocycles. The number of halogens is 1. The molecule has 0 fully saturated rings. The average molecular weight is 388 g/mol. The van der Waals surface area contributed by atoms with Gasteiger partial charge in [0.25, 0.3) is 0 Å². The Morgan fingerprint density at radius 1 is 0.926 bits per heavy atom. The number of benzene rings is 2. The van der Waals surface area contributed by atoms with Crippen LogP contribution in [0.25, 0.3) is 0 Å². The number of aromatic nitrogens is 3. The van der Waals surface area contributed by atoms with E-state index in [0.29, 0.717) is 28.0 Å². The second kappa shape index (κ2) is 8.41. The molecule has 3 rings (SSSR count). The van der Waals surface area contributed by atoms with E-state index in [1.54, 1.807) is 26.4 Å². The fraction of sp³-hybridized carbons (Fsp3) is 0.167. The predicted octanol–water partition coefficient (Wildman–Crippen LogP) is 4.04. The molecule has 27 heavy (non-hydrogen) atoms. The molecule has 0 radical (unpaired) electrons. The Morgan fingerprint density at radius 3 is 2.48 bits per heavy atom. The summed E-state index contributed by atoms with van der Waals surface area (Å²) < 4.78 is 15.8. The lowest BCUT2D eigenvalue weighted by Crippen LogP contribution is -2.04. The molecule has 1 heterocycles. The van der Waals surface area contributed by atoms with E-state index in [-0.39, 0.29) is 5.95 Å². The Morgan fingerprint density at radius 2 is 1.74 bits per heavy atom. The molecule has 3 aromatic rings. The zero-order valence-corrected chi connectivity index (χ0v) is 15.7. The molecule has 0 aliphatic heterocycles. The SMILES string of the molecule is COc1cccc(Nc2cnnc(Nc3cc(OC)c(Cl)cc3OC)n2)c1. The van der Waals surface area contributed by atoms with Crippen LogP contribution in [0.4, 0.5) is 23.1 Å². The first-order valence-electron chi connectivity index (χ1n) is 7.92. The molecule has 0 spiro atoms. The summed E-state index contributed by atoms with van der Waals surface area (Å²) in [7, 11) is 4.69. The molecule has 9 heteroatoms. The minimum absolute atomic E-state index is 0.283. The number of ether oxygens (including phenoxy) is 3. The van der Waals surface area contributed by atoms with E-state index < -0.39 is 0 Å². The van der Waals surface area contributed by atoms with Crippen molar-refractivity contribution in [3.63, 3.8) is 0 Å². The molecule has 0 amide bonds. The van der Waals surface area contributed by atoms with Crippen LogP contribution in [0.1, 0.15) is 0 Å². The van der Waals surface area contributed by atoms with E-state index >= 15 is 0 Å². The van der Waals surface area contributed by atoms with Crippen LogP contribution in [0.15, 0.2) is 42.6 Å². The van der Waals surface area contributed by atoms with Gasteiger partial charge in [0.2, 0.25) is 5.95 Å². The number of nitrogens with one attached hydrogen (secondary N) is 2. The van der Waals surface area contributed by atoms with Crippen LogP contribution in [0.5, 0.6) is 17.2 Å². The van der Waals surface area contributed by atoms with Gasteiger partial charge in [0, 0.05) is 23.9 Å². The third kappa shape index (κ3) is 4.48. The predicted molar refractivity (Wildman–Crippen MR) is 104 cm³/mol. The first-order chi connectivity index (χ1) is 13.1. The van der Waals surface area contributed by atoms with Gasteiger partial charge in [0.15, 0.2) is 5.82 Å². The third-order valence-corrected chi connectivity index (χ3v) is 3.92. The van der Waals surface area contributed by atoms with Crippen molar-refractivity contribution in [3.8, 4) is 17.2 Å². The summed E-state index contributed by atoms with van der Waals surface area (Å²) in [6, 6.07) is 10.8. The number of rotatable bonds is 7. The van der Waals surface area contributed by atoms with E-state index in [4.69, 9.17) is 25.8 Å². The van der Waals surface area contributed by atoms with Gasteiger partial charge in [-0.1, -0.05) is 17.7 Å². The number of anilines is 4. The highest BCUT2D eigenvalue weighted by molar-refractivity contribution is 6.32. The average Bonchev–Trinajstić information content (AvgIpc) is 2.69. The van der Waals surface area contributed by atoms with Gasteiger partial charge in [-0.25, -0.2) is 0 Å². The molecule has 2 N–H and O–H groups in total. The van der Waals surface area contributed by atoms with Crippen LogP contribution in [0.3, 0.4) is 0 Å². The molecule has 140 valence electrons. The molecule has 0 aliphatic rings. The van der Waals surface area contributed by atoms with Crippen LogP contribution in [0, 0.1) is 0 Å². The van der Waals surface area contributed by atoms with Crippen molar-refractivity contribution in [2.24, 2.45) is 0 Å². The summed E-state index contributed by atoms with van der Waals surface area (Å²) in [4.78, 5) is 4.41. The smallest absolute Gasteiger partial charge is 0.249 e. The summed E-state index contributed by atoms with van der Waals surface area (Å²) in [5, 5.41) is 14.6. The Balaban J connectivity index is 1.84. The second-order valence-corrected chi connectivity index (χ2v) is 5.74. The monoisotopic (exact) mass is 387 g/mol. The topological polar surface area (TPSA) is 90.4 Å². The summed E-state index contributed by atoms with van der Waals surface area (Å²) in [6.45, 7) is 0. The maximum atomic E-state index is 6.13. The normalized spacial score (nSPS) is 10.2. The molecule has 1 aromatic heterocycles. The number of nitrogens with zero attached hydrogens (tertiary/aromatic N) is 3. The fourth-order valence-electron chi connectivity index (χ4n) is 2.34. The number of hydrogen-bond acceptors (Lipinski definition) is 8. The summed E-state index contributed by atoms with van der Waals surface area (Å²) in [6.07, 6.45) is 1.52. The van der Waals surface area contributed by atoms with Crippen LogP contribution < -0.4 is 24.8 Å². The Kier molecular flexibility index (Phi) is 5.77. The molecular weight excluding hydrogens is 370 g/mol. The quantitative estimate of drug-likeness (QED) is 0.627. The molecule has 0 bridgehead atoms. The van der Waals surface area contributed by atoms with Gasteiger partial charge in [-0.05, 0) is 12.1 Å². The van der Waals surface area contributed by atoms with Gasteiger partial charge in [0.05, 0.1) is 38.2 Å². The minimum Gasteiger partial charge on any atom is -0.497 e. The highest BCUT2D eigenvalue weighted by atomic mass is 35.5. The van der Waals surface area contributed by atoms with Gasteiger partial charge < -0.3 is 24.8 Å². The first kappa shape index (κ1) is 18.5. The standard InChI is InChI=1S/C18H18ClN5O3/c1-25-12-6-4-5-11(7-12)21-17-10-20-24-18(23-17)22-14-9-15(26-2)13(19)8-16(14)27-3/h4-10H,1-3H3,(H2,21,22,23,24). The van der Waals surface area contributed by atoms with E-state index in [9.17, 15) is 0 Å². The van der Waals surface area contributed by atoms with Crippen LogP contribution >= 0.6 is 11.6 Å². The Hall–Kier alpha value is -3.26. The number of hydrogen-bond donors (Lipinski definition) is 2. The molecule has 0 saturated heterocycles. The third-order valence-electron chi connectivity index (χ3n) is 3.62. The largest absolute Gasteiger partial charge is 0.497 e. The highest BCUT2D eigenvalue weighted by Crippen LogP contribution is 2.36. The van der Waals surface area contributed by atoms with E-state index in [1.807, 2.05) is 24.3 Å². The van der Waals surface area contributed by atoms with Crippen molar-refractivity contribution in [1.29, 1.82) is 0 Å². The van der Waals surface area contributed by atoms with Crippen LogP contribution in [-0.2, 0) is 0 Å². The molecular formula is C18H18ClN5O3. The highest BCUT2D eigenvalue weighted by Gasteiger charge is 2.12. The Labute approximate surface area is 161 Å². The van der Waals surface area contributed by atoms with Crippen LogP contribution in [-0.4, -0.2) is 36.5 Å². The first-order valence-corrected chi connectivity index (χ1v) is 8.30. The molecule has 0 atom stereocenters. The maximum absolute atomic E-state index is 6.13. The zero-order valence-electron chi connectivity index (χ0n) is 15.0. The van der Waals surface area contributed by atoms with Crippen molar-refractivity contribution < 1.29 is 14.2 Å². The lowest BCUT2D eigenvalue weighted by molar-refractivity contribution is 0.405. The summed E-state index contributed by atoms with van der Waals surface area (Å²) in [5.74, 6) is 2.55. The zero-order chi connectivity index (χ0) is 19.2. The van der Waals surface area contributed by atoms with Crippen LogP contribution in [0.2, 0.25) is 5.02 Å². The fourth-order valence-corrected chi connectivity index (χ4v) is 2.57. The van der Waals surface area contributed by atoms with Gasteiger partial charge in [-0.3, -0.25) is 0 Å². The second-order valence-electron chi connectivity index (χ2n) is 5.33.